The van der Waals surface area contributed by atoms with Crippen molar-refractivity contribution in [3.05, 3.63) is 88.4 Å². The Labute approximate surface area is 175 Å². The van der Waals surface area contributed by atoms with Crippen LogP contribution in [0.25, 0.3) is 0 Å². The second kappa shape index (κ2) is 8.95. The van der Waals surface area contributed by atoms with Crippen LogP contribution in [0.2, 0.25) is 0 Å². The molecule has 2 aromatic rings. The standard InChI is InChI=1S/C24H24FNO4/c1-14-8-10-18(11-9-14)26-19-12-15(2)20(23(27)29-3)21(22(19)24(28)30-4)16-6-5-7-17(25)13-16/h5-13,20-21,26H,1-4H3/t20-,21-/m0/s1. The highest BCUT2D eigenvalue weighted by atomic mass is 19.1. The lowest BCUT2D eigenvalue weighted by molar-refractivity contribution is -0.144. The summed E-state index contributed by atoms with van der Waals surface area (Å²) in [7, 11) is 2.57. The van der Waals surface area contributed by atoms with Crippen LogP contribution in [0.1, 0.15) is 24.0 Å². The van der Waals surface area contributed by atoms with Gasteiger partial charge in [0, 0.05) is 17.3 Å². The highest BCUT2D eigenvalue weighted by molar-refractivity contribution is 5.95. The second-order valence-electron chi connectivity index (χ2n) is 7.23. The first kappa shape index (κ1) is 21.3. The van der Waals surface area contributed by atoms with Crippen LogP contribution in [-0.4, -0.2) is 26.2 Å². The highest BCUT2D eigenvalue weighted by Crippen LogP contribution is 2.43. The Morgan fingerprint density at radius 2 is 1.70 bits per heavy atom. The van der Waals surface area contributed by atoms with Crippen molar-refractivity contribution in [2.45, 2.75) is 19.8 Å². The van der Waals surface area contributed by atoms with Crippen molar-refractivity contribution in [3.63, 3.8) is 0 Å². The monoisotopic (exact) mass is 409 g/mol. The molecule has 0 unspecified atom stereocenters. The van der Waals surface area contributed by atoms with Crippen LogP contribution < -0.4 is 5.32 Å². The highest BCUT2D eigenvalue weighted by Gasteiger charge is 2.42. The number of hydrogen-bond donors (Lipinski definition) is 1. The molecular weight excluding hydrogens is 385 g/mol. The van der Waals surface area contributed by atoms with Gasteiger partial charge in [-0.25, -0.2) is 9.18 Å². The van der Waals surface area contributed by atoms with E-state index in [1.165, 1.54) is 26.4 Å². The van der Waals surface area contributed by atoms with Crippen LogP contribution >= 0.6 is 0 Å². The maximum atomic E-state index is 14.0. The fourth-order valence-electron chi connectivity index (χ4n) is 3.74. The molecule has 0 saturated heterocycles. The van der Waals surface area contributed by atoms with Crippen molar-refractivity contribution in [1.82, 2.24) is 0 Å². The van der Waals surface area contributed by atoms with Crippen molar-refractivity contribution in [3.8, 4) is 0 Å². The molecule has 5 nitrogen and oxygen atoms in total. The molecule has 2 atom stereocenters. The fraction of sp³-hybridized carbons (Fsp3) is 0.250. The lowest BCUT2D eigenvalue weighted by atomic mass is 9.72. The average molecular weight is 409 g/mol. The van der Waals surface area contributed by atoms with Gasteiger partial charge in [0.05, 0.1) is 25.7 Å². The van der Waals surface area contributed by atoms with Gasteiger partial charge >= 0.3 is 11.9 Å². The number of benzene rings is 2. The zero-order chi connectivity index (χ0) is 21.8. The Hall–Kier alpha value is -3.41. The largest absolute Gasteiger partial charge is 0.469 e. The number of carbonyl (C=O) groups excluding carboxylic acids is 2. The Morgan fingerprint density at radius 1 is 1.00 bits per heavy atom. The minimum atomic E-state index is -0.783. The first-order chi connectivity index (χ1) is 14.3. The van der Waals surface area contributed by atoms with Gasteiger partial charge in [0.1, 0.15) is 5.82 Å². The van der Waals surface area contributed by atoms with E-state index in [9.17, 15) is 14.0 Å². The Bertz CT molecular complexity index is 1020. The maximum Gasteiger partial charge on any atom is 0.336 e. The predicted molar refractivity (Wildman–Crippen MR) is 112 cm³/mol. The SMILES string of the molecule is COC(=O)C1=C(Nc2ccc(C)cc2)C=C(C)[C@H](C(=O)OC)[C@@H]1c1cccc(F)c1. The minimum Gasteiger partial charge on any atom is -0.469 e. The molecule has 0 radical (unpaired) electrons. The third-order valence-electron chi connectivity index (χ3n) is 5.20. The molecule has 0 aliphatic heterocycles. The summed E-state index contributed by atoms with van der Waals surface area (Å²) in [6, 6.07) is 13.6. The normalized spacial score (nSPS) is 18.5. The van der Waals surface area contributed by atoms with Gasteiger partial charge < -0.3 is 14.8 Å². The molecule has 3 rings (SSSR count). The number of rotatable bonds is 5. The number of carbonyl (C=O) groups is 2. The molecule has 1 aliphatic rings. The van der Waals surface area contributed by atoms with Crippen LogP contribution in [0, 0.1) is 18.7 Å². The van der Waals surface area contributed by atoms with Crippen LogP contribution in [0.3, 0.4) is 0 Å². The van der Waals surface area contributed by atoms with E-state index < -0.39 is 29.6 Å². The summed E-state index contributed by atoms with van der Waals surface area (Å²) in [5.41, 5.74) is 3.79. The first-order valence-electron chi connectivity index (χ1n) is 9.53. The molecule has 0 heterocycles. The average Bonchev–Trinajstić information content (AvgIpc) is 2.74. The molecule has 0 bridgehead atoms. The van der Waals surface area contributed by atoms with Gasteiger partial charge in [0.25, 0.3) is 0 Å². The zero-order valence-corrected chi connectivity index (χ0v) is 17.4. The number of ether oxygens (including phenoxy) is 2. The van der Waals surface area contributed by atoms with Gasteiger partial charge in [0.2, 0.25) is 0 Å². The van der Waals surface area contributed by atoms with Gasteiger partial charge in [-0.3, -0.25) is 4.79 Å². The molecule has 6 heteroatoms. The quantitative estimate of drug-likeness (QED) is 0.737. The van der Waals surface area contributed by atoms with E-state index in [-0.39, 0.29) is 5.57 Å². The van der Waals surface area contributed by atoms with Crippen molar-refractivity contribution < 1.29 is 23.5 Å². The molecule has 0 saturated carbocycles. The third kappa shape index (κ3) is 4.27. The number of nitrogens with one attached hydrogen (secondary N) is 1. The molecule has 1 N–H and O–H groups in total. The van der Waals surface area contributed by atoms with Gasteiger partial charge in [-0.15, -0.1) is 0 Å². The molecule has 1 aliphatic carbocycles. The summed E-state index contributed by atoms with van der Waals surface area (Å²) in [5.74, 6) is -3.11. The second-order valence-corrected chi connectivity index (χ2v) is 7.23. The van der Waals surface area contributed by atoms with Crippen LogP contribution in [0.15, 0.2) is 71.5 Å². The lowest BCUT2D eigenvalue weighted by Gasteiger charge is -2.33. The van der Waals surface area contributed by atoms with Crippen molar-refractivity contribution in [1.29, 1.82) is 0 Å². The number of allylic oxidation sites excluding steroid dienone is 1. The number of esters is 2. The van der Waals surface area contributed by atoms with Crippen molar-refractivity contribution in [2.24, 2.45) is 5.92 Å². The molecule has 156 valence electrons. The van der Waals surface area contributed by atoms with E-state index in [4.69, 9.17) is 9.47 Å². The first-order valence-corrected chi connectivity index (χ1v) is 9.53. The van der Waals surface area contributed by atoms with E-state index >= 15 is 0 Å². The Kier molecular flexibility index (Phi) is 6.35. The molecule has 0 spiro atoms. The molecule has 0 fully saturated rings. The zero-order valence-electron chi connectivity index (χ0n) is 17.4. The van der Waals surface area contributed by atoms with Crippen LogP contribution in [0.5, 0.6) is 0 Å². The molecule has 0 amide bonds. The number of anilines is 1. The summed E-state index contributed by atoms with van der Waals surface area (Å²) in [4.78, 5) is 25.5. The van der Waals surface area contributed by atoms with Gasteiger partial charge in [-0.2, -0.15) is 0 Å². The Morgan fingerprint density at radius 3 is 2.30 bits per heavy atom. The summed E-state index contributed by atoms with van der Waals surface area (Å²) < 4.78 is 24.1. The lowest BCUT2D eigenvalue weighted by Crippen LogP contribution is -2.33. The minimum absolute atomic E-state index is 0.240. The molecular formula is C24H24FNO4. The number of halogens is 1. The van der Waals surface area contributed by atoms with Gasteiger partial charge in [-0.1, -0.05) is 35.4 Å². The topological polar surface area (TPSA) is 64.6 Å². The van der Waals surface area contributed by atoms with Crippen LogP contribution in [0.4, 0.5) is 10.1 Å². The fourth-order valence-corrected chi connectivity index (χ4v) is 3.74. The maximum absolute atomic E-state index is 14.0. The van der Waals surface area contributed by atoms with E-state index in [2.05, 4.69) is 5.32 Å². The molecule has 0 aromatic heterocycles. The van der Waals surface area contributed by atoms with Gasteiger partial charge in [-0.05, 0) is 49.8 Å². The van der Waals surface area contributed by atoms with E-state index in [1.54, 1.807) is 25.1 Å². The summed E-state index contributed by atoms with van der Waals surface area (Å²) in [5, 5.41) is 3.25. The summed E-state index contributed by atoms with van der Waals surface area (Å²) >= 11 is 0. The van der Waals surface area contributed by atoms with E-state index in [0.717, 1.165) is 11.3 Å². The van der Waals surface area contributed by atoms with E-state index in [1.807, 2.05) is 31.2 Å². The predicted octanol–water partition coefficient (Wildman–Crippen LogP) is 4.51. The van der Waals surface area contributed by atoms with E-state index in [0.29, 0.717) is 16.8 Å². The Balaban J connectivity index is 2.21. The number of methoxy groups -OCH3 is 2. The summed E-state index contributed by atoms with van der Waals surface area (Å²) in [6.45, 7) is 3.77. The molecule has 2 aromatic carbocycles. The van der Waals surface area contributed by atoms with Crippen molar-refractivity contribution >= 4 is 17.6 Å². The molecule has 30 heavy (non-hydrogen) atoms. The number of aryl methyl sites for hydroxylation is 1. The van der Waals surface area contributed by atoms with Crippen molar-refractivity contribution in [2.75, 3.05) is 19.5 Å². The van der Waals surface area contributed by atoms with Gasteiger partial charge in [0.15, 0.2) is 0 Å². The third-order valence-corrected chi connectivity index (χ3v) is 5.20. The number of hydrogen-bond acceptors (Lipinski definition) is 5. The van der Waals surface area contributed by atoms with Crippen LogP contribution in [-0.2, 0) is 19.1 Å². The smallest absolute Gasteiger partial charge is 0.336 e. The summed E-state index contributed by atoms with van der Waals surface area (Å²) in [6.07, 6.45) is 1.74.